The number of thioether (sulfide) groups is 2. The van der Waals surface area contributed by atoms with Crippen LogP contribution in [0.25, 0.3) is 44.1 Å². The van der Waals surface area contributed by atoms with E-state index >= 15 is 0 Å². The Morgan fingerprint density at radius 2 is 1.09 bits per heavy atom. The van der Waals surface area contributed by atoms with E-state index in [0.717, 1.165) is 79.5 Å². The fourth-order valence-corrected chi connectivity index (χ4v) is 9.50. The molecular formula is C44H36N4O4S2. The first-order valence-corrected chi connectivity index (χ1v) is 19.5. The van der Waals surface area contributed by atoms with E-state index in [4.69, 9.17) is 15.3 Å². The Labute approximate surface area is 322 Å². The Balaban J connectivity index is 0.000000167. The quantitative estimate of drug-likeness (QED) is 0.142. The predicted molar refractivity (Wildman–Crippen MR) is 213 cm³/mol. The minimum absolute atomic E-state index is 0.112. The average Bonchev–Trinajstić information content (AvgIpc) is 3.17. The summed E-state index contributed by atoms with van der Waals surface area (Å²) in [5.74, 6) is -0.846. The van der Waals surface area contributed by atoms with Crippen LogP contribution in [0.1, 0.15) is 56.6 Å². The highest BCUT2D eigenvalue weighted by molar-refractivity contribution is 8.02. The maximum atomic E-state index is 12.6. The number of fused-ring (bicyclic) bond motifs is 2. The van der Waals surface area contributed by atoms with Gasteiger partial charge in [0.2, 0.25) is 0 Å². The Hall–Kier alpha value is -5.68. The molecule has 0 radical (unpaired) electrons. The predicted octanol–water partition coefficient (Wildman–Crippen LogP) is 10.2. The van der Waals surface area contributed by atoms with E-state index in [1.165, 1.54) is 11.8 Å². The summed E-state index contributed by atoms with van der Waals surface area (Å²) in [5, 5.41) is 29.6. The zero-order valence-corrected chi connectivity index (χ0v) is 31.3. The number of ether oxygens (including phenoxy) is 1. The van der Waals surface area contributed by atoms with Crippen molar-refractivity contribution < 1.29 is 19.4 Å². The molecule has 2 aliphatic carbocycles. The van der Waals surface area contributed by atoms with E-state index in [2.05, 4.69) is 34.2 Å². The van der Waals surface area contributed by atoms with Gasteiger partial charge in [-0.15, -0.1) is 23.5 Å². The molecule has 4 aromatic carbocycles. The number of hydrogen-bond acceptors (Lipinski definition) is 9. The molecule has 0 saturated heterocycles. The largest absolute Gasteiger partial charge is 0.480 e. The number of nitrogens with zero attached hydrogens (tertiary/aromatic N) is 4. The average molecular weight is 749 g/mol. The summed E-state index contributed by atoms with van der Waals surface area (Å²) >= 11 is 3.05. The highest BCUT2D eigenvalue weighted by Gasteiger charge is 2.47. The molecule has 0 amide bonds. The van der Waals surface area contributed by atoms with Gasteiger partial charge in [0, 0.05) is 33.0 Å². The Bertz CT molecular complexity index is 2450. The van der Waals surface area contributed by atoms with Crippen LogP contribution in [-0.2, 0) is 14.3 Å². The number of carboxylic acids is 1. The molecule has 8 nitrogen and oxygen atoms in total. The number of nitriles is 2. The van der Waals surface area contributed by atoms with Gasteiger partial charge in [-0.3, -0.25) is 19.6 Å². The van der Waals surface area contributed by atoms with Crippen molar-refractivity contribution in [3.8, 4) is 34.4 Å². The molecule has 54 heavy (non-hydrogen) atoms. The van der Waals surface area contributed by atoms with E-state index < -0.39 is 15.5 Å². The van der Waals surface area contributed by atoms with Crippen molar-refractivity contribution in [1.29, 1.82) is 10.5 Å². The first-order valence-electron chi connectivity index (χ1n) is 17.8. The van der Waals surface area contributed by atoms with E-state index in [0.29, 0.717) is 30.6 Å². The third-order valence-corrected chi connectivity index (χ3v) is 13.2. The molecule has 268 valence electrons. The maximum Gasteiger partial charge on any atom is 0.322 e. The van der Waals surface area contributed by atoms with Crippen LogP contribution in [0.3, 0.4) is 0 Å². The lowest BCUT2D eigenvalue weighted by atomic mass is 9.84. The summed E-state index contributed by atoms with van der Waals surface area (Å²) in [6, 6.07) is 35.3. The number of carbonyl (C=O) groups excluding carboxylic acids is 1. The first kappa shape index (κ1) is 36.7. The number of rotatable bonds is 9. The normalized spacial score (nSPS) is 15.0. The van der Waals surface area contributed by atoms with Crippen LogP contribution < -0.4 is 0 Å². The standard InChI is InChI=1S/C23H20N2O2S.C21H16N2O2S/c1-2-27-22(26)23(11-3-12-23)28-21-10-13-25-20-9-8-18(14-19(20)21)17-6-4-16(15-24)5-7-17;22-13-14-2-4-15(5-3-14)16-6-7-18-17(12-16)19(8-11-23-18)26-21(20(24)25)9-1-10-21/h4-10,13-14H,2-3,11-12H2,1H3;2-8,11-12H,1,9-10H2,(H,24,25). The molecule has 0 atom stereocenters. The lowest BCUT2D eigenvalue weighted by molar-refractivity contribution is -0.148. The maximum absolute atomic E-state index is 12.6. The van der Waals surface area contributed by atoms with Crippen molar-refractivity contribution >= 4 is 57.3 Å². The van der Waals surface area contributed by atoms with Gasteiger partial charge in [-0.2, -0.15) is 10.5 Å². The number of carboxylic acid groups (broad SMARTS) is 1. The minimum atomic E-state index is -0.734. The van der Waals surface area contributed by atoms with Gasteiger partial charge in [-0.25, -0.2) is 0 Å². The van der Waals surface area contributed by atoms with Crippen LogP contribution in [0.4, 0.5) is 0 Å². The number of aromatic nitrogens is 2. The van der Waals surface area contributed by atoms with Gasteiger partial charge >= 0.3 is 11.9 Å². The molecule has 0 aliphatic heterocycles. The molecule has 8 rings (SSSR count). The third kappa shape index (κ3) is 7.41. The van der Waals surface area contributed by atoms with Gasteiger partial charge in [0.25, 0.3) is 0 Å². The van der Waals surface area contributed by atoms with Crippen LogP contribution in [0.5, 0.6) is 0 Å². The number of pyridine rings is 2. The molecule has 0 bridgehead atoms. The summed E-state index contributed by atoms with van der Waals surface area (Å²) in [6.45, 7) is 2.25. The van der Waals surface area contributed by atoms with E-state index in [1.54, 1.807) is 36.3 Å². The van der Waals surface area contributed by atoms with Crippen LogP contribution in [-0.4, -0.2) is 43.1 Å². The Morgan fingerprint density at radius 3 is 1.46 bits per heavy atom. The molecule has 2 aromatic heterocycles. The number of aliphatic carboxylic acids is 1. The van der Waals surface area contributed by atoms with Gasteiger partial charge in [-0.1, -0.05) is 36.4 Å². The number of hydrogen-bond donors (Lipinski definition) is 1. The van der Waals surface area contributed by atoms with Gasteiger partial charge in [0.15, 0.2) is 0 Å². The number of benzene rings is 4. The molecule has 10 heteroatoms. The molecule has 2 saturated carbocycles. The molecule has 1 N–H and O–H groups in total. The van der Waals surface area contributed by atoms with Crippen molar-refractivity contribution in [2.75, 3.05) is 6.61 Å². The van der Waals surface area contributed by atoms with Gasteiger partial charge < -0.3 is 9.84 Å². The van der Waals surface area contributed by atoms with Crippen molar-refractivity contribution in [2.24, 2.45) is 0 Å². The molecule has 6 aromatic rings. The van der Waals surface area contributed by atoms with E-state index in [1.807, 2.05) is 79.7 Å². The summed E-state index contributed by atoms with van der Waals surface area (Å²) in [4.78, 5) is 35.2. The SMILES string of the molecule is CCOC(=O)C1(Sc2ccnc3ccc(-c4ccc(C#N)cc4)cc23)CCC1.N#Cc1ccc(-c2ccc3nccc(SC4(C(=O)O)CCC4)c3c2)cc1. The second kappa shape index (κ2) is 15.7. The summed E-state index contributed by atoms with van der Waals surface area (Å²) in [7, 11) is 0. The minimum Gasteiger partial charge on any atom is -0.480 e. The van der Waals surface area contributed by atoms with Gasteiger partial charge in [-0.05, 0) is 128 Å². The van der Waals surface area contributed by atoms with Crippen molar-refractivity contribution in [3.05, 3.63) is 121 Å². The van der Waals surface area contributed by atoms with Gasteiger partial charge in [0.1, 0.15) is 9.49 Å². The zero-order valence-electron chi connectivity index (χ0n) is 29.6. The lowest BCUT2D eigenvalue weighted by Gasteiger charge is -2.38. The number of carbonyl (C=O) groups is 2. The first-order chi connectivity index (χ1) is 26.3. The molecule has 0 spiro atoms. The topological polar surface area (TPSA) is 137 Å². The Morgan fingerprint density at radius 1 is 0.667 bits per heavy atom. The second-order valence-electron chi connectivity index (χ2n) is 13.4. The lowest BCUT2D eigenvalue weighted by Crippen LogP contribution is -2.43. The van der Waals surface area contributed by atoms with Crippen LogP contribution >= 0.6 is 23.5 Å². The molecule has 2 fully saturated rings. The van der Waals surface area contributed by atoms with Crippen molar-refractivity contribution in [2.45, 2.75) is 64.7 Å². The molecule has 2 aliphatic rings. The Kier molecular flexibility index (Phi) is 10.7. The summed E-state index contributed by atoms with van der Waals surface area (Å²) in [6.07, 6.45) is 8.62. The fraction of sp³-hybridized carbons (Fsp3) is 0.227. The molecule has 0 unspecified atom stereocenters. The molecule has 2 heterocycles. The van der Waals surface area contributed by atoms with E-state index in [9.17, 15) is 14.7 Å². The van der Waals surface area contributed by atoms with Gasteiger partial charge in [0.05, 0.1) is 40.9 Å². The number of esters is 1. The van der Waals surface area contributed by atoms with Crippen molar-refractivity contribution in [1.82, 2.24) is 9.97 Å². The van der Waals surface area contributed by atoms with Crippen LogP contribution in [0, 0.1) is 22.7 Å². The summed E-state index contributed by atoms with van der Waals surface area (Å²) < 4.78 is 4.16. The highest BCUT2D eigenvalue weighted by Crippen LogP contribution is 2.51. The monoisotopic (exact) mass is 748 g/mol. The fourth-order valence-electron chi connectivity index (χ4n) is 6.64. The van der Waals surface area contributed by atoms with Crippen LogP contribution in [0.2, 0.25) is 0 Å². The zero-order chi connectivity index (χ0) is 37.7. The smallest absolute Gasteiger partial charge is 0.322 e. The van der Waals surface area contributed by atoms with Crippen LogP contribution in [0.15, 0.2) is 119 Å². The van der Waals surface area contributed by atoms with E-state index in [-0.39, 0.29) is 5.97 Å². The second-order valence-corrected chi connectivity index (χ2v) is 16.2. The summed E-state index contributed by atoms with van der Waals surface area (Å²) in [5.41, 5.74) is 7.17. The van der Waals surface area contributed by atoms with Crippen molar-refractivity contribution in [3.63, 3.8) is 0 Å². The highest BCUT2D eigenvalue weighted by atomic mass is 32.2. The third-order valence-electron chi connectivity index (χ3n) is 10.1. The molecular weight excluding hydrogens is 713 g/mol.